The van der Waals surface area contributed by atoms with Crippen LogP contribution in [0.3, 0.4) is 0 Å². The van der Waals surface area contributed by atoms with E-state index in [1.807, 2.05) is 19.1 Å². The Morgan fingerprint density at radius 2 is 2.08 bits per heavy atom. The zero-order valence-electron chi connectivity index (χ0n) is 14.6. The van der Waals surface area contributed by atoms with Crippen molar-refractivity contribution in [1.29, 1.82) is 0 Å². The summed E-state index contributed by atoms with van der Waals surface area (Å²) in [6.07, 6.45) is 1.39. The smallest absolute Gasteiger partial charge is 0.415 e. The number of nitrogens with zero attached hydrogens (tertiary/aromatic N) is 4. The van der Waals surface area contributed by atoms with E-state index in [0.717, 1.165) is 31.9 Å². The highest BCUT2D eigenvalue weighted by Crippen LogP contribution is 2.31. The van der Waals surface area contributed by atoms with Crippen LogP contribution in [0.15, 0.2) is 30.5 Å². The molecule has 1 fully saturated rings. The van der Waals surface area contributed by atoms with Crippen LogP contribution in [0.4, 0.5) is 11.5 Å². The molecule has 1 atom stereocenters. The van der Waals surface area contributed by atoms with Crippen molar-refractivity contribution in [1.82, 2.24) is 14.9 Å². The summed E-state index contributed by atoms with van der Waals surface area (Å²) >= 11 is 0. The number of nitrogens with one attached hydrogen (secondary N) is 1. The van der Waals surface area contributed by atoms with Crippen LogP contribution in [0, 0.1) is 10.1 Å². The minimum Gasteiger partial charge on any atom is -0.489 e. The first kappa shape index (κ1) is 16.6. The average molecular weight is 359 g/mol. The van der Waals surface area contributed by atoms with Gasteiger partial charge in [0.25, 0.3) is 0 Å². The van der Waals surface area contributed by atoms with E-state index in [1.54, 1.807) is 4.57 Å². The molecule has 1 saturated heterocycles. The highest BCUT2D eigenvalue weighted by atomic mass is 16.6. The van der Waals surface area contributed by atoms with Crippen molar-refractivity contribution in [3.8, 4) is 11.8 Å². The molecule has 4 rings (SSSR count). The number of imidazole rings is 1. The topological polar surface area (TPSA) is 94.7 Å². The lowest BCUT2D eigenvalue weighted by atomic mass is 10.1. The quantitative estimate of drug-likeness (QED) is 0.637. The number of hydrogen-bond donors (Lipinski definition) is 1. The summed E-state index contributed by atoms with van der Waals surface area (Å²) in [6.45, 7) is 6.71. The van der Waals surface area contributed by atoms with E-state index in [4.69, 9.17) is 9.47 Å². The third-order valence-corrected chi connectivity index (χ3v) is 4.62. The summed E-state index contributed by atoms with van der Waals surface area (Å²) in [5.41, 5.74) is 0.587. The number of aromatic nitrogens is 2. The standard InChI is InChI=1S/C17H21N5O4/c1-17(11-21-10-15(22(23)24)19-16(21)26-17)12-25-14-4-2-13(3-5-14)20-8-6-18-7-9-20/h2-5,10,18H,6-9,11-12H2,1H3/t17-/m1/s1. The summed E-state index contributed by atoms with van der Waals surface area (Å²) in [5, 5.41) is 14.1. The van der Waals surface area contributed by atoms with Crippen LogP contribution >= 0.6 is 0 Å². The zero-order chi connectivity index (χ0) is 18.1. The van der Waals surface area contributed by atoms with Crippen LogP contribution in [0.2, 0.25) is 0 Å². The molecule has 9 heteroatoms. The van der Waals surface area contributed by atoms with E-state index in [-0.39, 0.29) is 11.8 Å². The monoisotopic (exact) mass is 359 g/mol. The van der Waals surface area contributed by atoms with Crippen molar-refractivity contribution in [2.24, 2.45) is 0 Å². The minimum absolute atomic E-state index is 0.202. The van der Waals surface area contributed by atoms with Gasteiger partial charge in [-0.2, -0.15) is 0 Å². The van der Waals surface area contributed by atoms with Crippen LogP contribution in [0.5, 0.6) is 11.8 Å². The average Bonchev–Trinajstić information content (AvgIpc) is 3.17. The number of benzene rings is 1. The molecule has 1 N–H and O–H groups in total. The Labute approximate surface area is 150 Å². The molecule has 2 aliphatic rings. The summed E-state index contributed by atoms with van der Waals surface area (Å²) < 4.78 is 13.3. The van der Waals surface area contributed by atoms with E-state index < -0.39 is 10.5 Å². The SMILES string of the molecule is C[C@]1(COc2ccc(N3CCNCC3)cc2)Cn2cc([N+](=O)[O-])nc2O1. The fraction of sp³-hybridized carbons (Fsp3) is 0.471. The van der Waals surface area contributed by atoms with Gasteiger partial charge in [0, 0.05) is 36.9 Å². The lowest BCUT2D eigenvalue weighted by Crippen LogP contribution is -2.43. The van der Waals surface area contributed by atoms with Gasteiger partial charge < -0.3 is 29.8 Å². The van der Waals surface area contributed by atoms with Crippen LogP contribution < -0.4 is 19.7 Å². The maximum atomic E-state index is 10.8. The molecule has 2 aromatic rings. The van der Waals surface area contributed by atoms with Gasteiger partial charge in [-0.05, 0) is 36.1 Å². The van der Waals surface area contributed by atoms with Gasteiger partial charge in [-0.25, -0.2) is 0 Å². The van der Waals surface area contributed by atoms with E-state index in [0.29, 0.717) is 13.2 Å². The van der Waals surface area contributed by atoms with Gasteiger partial charge in [0.15, 0.2) is 5.60 Å². The second-order valence-corrected chi connectivity index (χ2v) is 6.84. The zero-order valence-corrected chi connectivity index (χ0v) is 14.6. The maximum absolute atomic E-state index is 10.8. The third kappa shape index (κ3) is 3.30. The molecule has 9 nitrogen and oxygen atoms in total. The molecule has 3 heterocycles. The first-order chi connectivity index (χ1) is 12.5. The molecule has 0 spiro atoms. The molecule has 0 radical (unpaired) electrons. The molecule has 0 aliphatic carbocycles. The molecule has 1 aromatic heterocycles. The second kappa shape index (κ2) is 6.49. The van der Waals surface area contributed by atoms with Crippen molar-refractivity contribution in [2.45, 2.75) is 19.1 Å². The summed E-state index contributed by atoms with van der Waals surface area (Å²) in [5.74, 6) is 0.565. The Hall–Kier alpha value is -2.81. The van der Waals surface area contributed by atoms with Crippen LogP contribution in [0.1, 0.15) is 6.92 Å². The van der Waals surface area contributed by atoms with Gasteiger partial charge >= 0.3 is 11.8 Å². The fourth-order valence-corrected chi connectivity index (χ4v) is 3.27. The van der Waals surface area contributed by atoms with E-state index >= 15 is 0 Å². The molecule has 138 valence electrons. The van der Waals surface area contributed by atoms with Crippen LogP contribution in [0.25, 0.3) is 0 Å². The normalized spacial score (nSPS) is 22.0. The van der Waals surface area contributed by atoms with Gasteiger partial charge in [0.1, 0.15) is 18.6 Å². The lowest BCUT2D eigenvalue weighted by Gasteiger charge is -2.29. The number of piperazine rings is 1. The van der Waals surface area contributed by atoms with Gasteiger partial charge in [-0.3, -0.25) is 4.57 Å². The minimum atomic E-state index is -0.603. The van der Waals surface area contributed by atoms with Gasteiger partial charge in [-0.15, -0.1) is 0 Å². The van der Waals surface area contributed by atoms with Crippen LogP contribution in [-0.4, -0.2) is 52.9 Å². The van der Waals surface area contributed by atoms with E-state index in [9.17, 15) is 10.1 Å². The molecule has 0 amide bonds. The molecule has 0 bridgehead atoms. The first-order valence-electron chi connectivity index (χ1n) is 8.62. The van der Waals surface area contributed by atoms with Crippen LogP contribution in [-0.2, 0) is 6.54 Å². The molecule has 1 aromatic carbocycles. The van der Waals surface area contributed by atoms with Gasteiger partial charge in [0.05, 0.1) is 6.54 Å². The highest BCUT2D eigenvalue weighted by molar-refractivity contribution is 5.49. The number of anilines is 1. The second-order valence-electron chi connectivity index (χ2n) is 6.84. The summed E-state index contributed by atoms with van der Waals surface area (Å²) in [7, 11) is 0. The van der Waals surface area contributed by atoms with Gasteiger partial charge in [-0.1, -0.05) is 0 Å². The van der Waals surface area contributed by atoms with Crippen molar-refractivity contribution >= 4 is 11.5 Å². The van der Waals surface area contributed by atoms with E-state index in [2.05, 4.69) is 27.3 Å². The van der Waals surface area contributed by atoms with E-state index in [1.165, 1.54) is 11.9 Å². The predicted molar refractivity (Wildman–Crippen MR) is 94.9 cm³/mol. The Morgan fingerprint density at radius 3 is 2.73 bits per heavy atom. The predicted octanol–water partition coefficient (Wildman–Crippen LogP) is 1.43. The van der Waals surface area contributed by atoms with Crippen molar-refractivity contribution in [3.05, 3.63) is 40.6 Å². The summed E-state index contributed by atoms with van der Waals surface area (Å²) in [4.78, 5) is 16.5. The number of fused-ring (bicyclic) bond motifs is 1. The van der Waals surface area contributed by atoms with Crippen molar-refractivity contribution < 1.29 is 14.4 Å². The first-order valence-corrected chi connectivity index (χ1v) is 8.62. The molecular formula is C17H21N5O4. The molecule has 0 unspecified atom stereocenters. The Balaban J connectivity index is 1.35. The number of ether oxygens (including phenoxy) is 2. The fourth-order valence-electron chi connectivity index (χ4n) is 3.27. The Kier molecular flexibility index (Phi) is 4.15. The Bertz CT molecular complexity index is 774. The molecular weight excluding hydrogens is 338 g/mol. The highest BCUT2D eigenvalue weighted by Gasteiger charge is 2.41. The maximum Gasteiger partial charge on any atom is 0.415 e. The lowest BCUT2D eigenvalue weighted by molar-refractivity contribution is -0.389. The van der Waals surface area contributed by atoms with Crippen molar-refractivity contribution in [3.63, 3.8) is 0 Å². The van der Waals surface area contributed by atoms with Crippen molar-refractivity contribution in [2.75, 3.05) is 37.7 Å². The number of nitro groups is 1. The molecule has 26 heavy (non-hydrogen) atoms. The largest absolute Gasteiger partial charge is 0.489 e. The Morgan fingerprint density at radius 1 is 1.35 bits per heavy atom. The summed E-state index contributed by atoms with van der Waals surface area (Å²) in [6, 6.07) is 8.30. The number of hydrogen-bond acceptors (Lipinski definition) is 7. The van der Waals surface area contributed by atoms with Gasteiger partial charge in [0.2, 0.25) is 0 Å². The number of rotatable bonds is 5. The third-order valence-electron chi connectivity index (χ3n) is 4.62. The molecule has 2 aliphatic heterocycles. The molecule has 0 saturated carbocycles.